The number of halogens is 2. The predicted octanol–water partition coefficient (Wildman–Crippen LogP) is 2.33. The largest absolute Gasteiger partial charge is 0.339 e. The fraction of sp³-hybridized carbons (Fsp3) is 0.350. The molecule has 0 N–H and O–H groups in total. The molecule has 2 heterocycles. The van der Waals surface area contributed by atoms with E-state index < -0.39 is 11.6 Å². The molecule has 3 rings (SSSR count). The molecule has 0 aliphatic heterocycles. The molecule has 0 fully saturated rings. The number of likely N-dealkylation sites (N-methyl/N-ethyl adjacent to an activating group) is 1. The molecule has 0 saturated heterocycles. The van der Waals surface area contributed by atoms with Gasteiger partial charge in [0.2, 0.25) is 23.4 Å². The molecule has 0 unspecified atom stereocenters. The smallest absolute Gasteiger partial charge is 0.240 e. The first-order valence-electron chi connectivity index (χ1n) is 9.39. The quantitative estimate of drug-likeness (QED) is 0.529. The standard InChI is InChI=1S/C20H22F2N6O2/c1-27(2)10-11-28(13-14-4-5-15(21)16(22)12-14)18(29)7-6-17-25-20(26-30-17)19-23-8-3-9-24-19/h3-5,8-9,12H,6-7,10-11,13H2,1-2H3. The summed E-state index contributed by atoms with van der Waals surface area (Å²) in [5.41, 5.74) is 0.516. The number of carbonyl (C=O) groups is 1. The highest BCUT2D eigenvalue weighted by molar-refractivity contribution is 5.76. The SMILES string of the molecule is CN(C)CCN(Cc1ccc(F)c(F)c1)C(=O)CCc1nc(-c2ncccn2)no1. The highest BCUT2D eigenvalue weighted by atomic mass is 19.2. The Hall–Kier alpha value is -3.27. The van der Waals surface area contributed by atoms with Gasteiger partial charge in [-0.15, -0.1) is 0 Å². The van der Waals surface area contributed by atoms with E-state index in [1.54, 1.807) is 23.4 Å². The lowest BCUT2D eigenvalue weighted by atomic mass is 10.2. The summed E-state index contributed by atoms with van der Waals surface area (Å²) in [6, 6.07) is 5.32. The second-order valence-corrected chi connectivity index (χ2v) is 6.95. The van der Waals surface area contributed by atoms with Gasteiger partial charge in [0.05, 0.1) is 0 Å². The Morgan fingerprint density at radius 3 is 2.53 bits per heavy atom. The van der Waals surface area contributed by atoms with Crippen molar-refractivity contribution in [1.29, 1.82) is 0 Å². The van der Waals surface area contributed by atoms with Gasteiger partial charge in [-0.25, -0.2) is 18.7 Å². The van der Waals surface area contributed by atoms with Gasteiger partial charge in [0, 0.05) is 44.9 Å². The van der Waals surface area contributed by atoms with Gasteiger partial charge in [0.25, 0.3) is 0 Å². The lowest BCUT2D eigenvalue weighted by molar-refractivity contribution is -0.132. The molecule has 0 radical (unpaired) electrons. The predicted molar refractivity (Wildman–Crippen MR) is 104 cm³/mol. The van der Waals surface area contributed by atoms with Gasteiger partial charge in [-0.3, -0.25) is 4.79 Å². The first kappa shape index (κ1) is 21.4. The normalized spacial score (nSPS) is 11.1. The highest BCUT2D eigenvalue weighted by Crippen LogP contribution is 2.14. The number of benzene rings is 1. The topological polar surface area (TPSA) is 88.2 Å². The second-order valence-electron chi connectivity index (χ2n) is 6.95. The molecule has 0 spiro atoms. The first-order chi connectivity index (χ1) is 14.4. The van der Waals surface area contributed by atoms with Gasteiger partial charge in [0.1, 0.15) is 0 Å². The van der Waals surface area contributed by atoms with E-state index >= 15 is 0 Å². The molecule has 8 nitrogen and oxygen atoms in total. The van der Waals surface area contributed by atoms with E-state index in [1.165, 1.54) is 6.07 Å². The van der Waals surface area contributed by atoms with Crippen LogP contribution in [0.3, 0.4) is 0 Å². The summed E-state index contributed by atoms with van der Waals surface area (Å²) in [6.45, 7) is 1.25. The summed E-state index contributed by atoms with van der Waals surface area (Å²) in [5, 5.41) is 3.83. The van der Waals surface area contributed by atoms with Gasteiger partial charge in [0.15, 0.2) is 11.6 Å². The van der Waals surface area contributed by atoms with Gasteiger partial charge >= 0.3 is 0 Å². The van der Waals surface area contributed by atoms with Crippen LogP contribution >= 0.6 is 0 Å². The van der Waals surface area contributed by atoms with E-state index in [4.69, 9.17) is 4.52 Å². The summed E-state index contributed by atoms with van der Waals surface area (Å²) in [6.07, 6.45) is 3.52. The maximum absolute atomic E-state index is 13.5. The number of aromatic nitrogens is 4. The van der Waals surface area contributed by atoms with E-state index in [0.29, 0.717) is 30.4 Å². The van der Waals surface area contributed by atoms with Gasteiger partial charge in [-0.2, -0.15) is 4.98 Å². The maximum Gasteiger partial charge on any atom is 0.240 e. The van der Waals surface area contributed by atoms with Crippen LogP contribution < -0.4 is 0 Å². The average molecular weight is 416 g/mol. The number of hydrogen-bond donors (Lipinski definition) is 0. The third-order valence-electron chi connectivity index (χ3n) is 4.31. The van der Waals surface area contributed by atoms with Crippen molar-refractivity contribution in [2.75, 3.05) is 27.2 Å². The monoisotopic (exact) mass is 416 g/mol. The van der Waals surface area contributed by atoms with E-state index in [2.05, 4.69) is 20.1 Å². The number of nitrogens with zero attached hydrogens (tertiary/aromatic N) is 6. The molecule has 0 atom stereocenters. The molecule has 10 heteroatoms. The molecule has 0 aliphatic carbocycles. The minimum atomic E-state index is -0.936. The minimum Gasteiger partial charge on any atom is -0.339 e. The van der Waals surface area contributed by atoms with Crippen LogP contribution in [-0.4, -0.2) is 63.0 Å². The molecule has 0 aliphatic rings. The Morgan fingerprint density at radius 1 is 1.07 bits per heavy atom. The highest BCUT2D eigenvalue weighted by Gasteiger charge is 2.18. The van der Waals surface area contributed by atoms with Crippen molar-refractivity contribution in [2.45, 2.75) is 19.4 Å². The van der Waals surface area contributed by atoms with Crippen molar-refractivity contribution in [2.24, 2.45) is 0 Å². The summed E-state index contributed by atoms with van der Waals surface area (Å²) in [7, 11) is 3.79. The van der Waals surface area contributed by atoms with Crippen LogP contribution in [0.15, 0.2) is 41.2 Å². The zero-order valence-corrected chi connectivity index (χ0v) is 16.8. The fourth-order valence-electron chi connectivity index (χ4n) is 2.70. The molecule has 1 amide bonds. The van der Waals surface area contributed by atoms with Crippen molar-refractivity contribution in [3.05, 3.63) is 59.7 Å². The summed E-state index contributed by atoms with van der Waals surface area (Å²) >= 11 is 0. The summed E-state index contributed by atoms with van der Waals surface area (Å²) in [4.78, 5) is 28.7. The maximum atomic E-state index is 13.5. The van der Waals surface area contributed by atoms with Crippen molar-refractivity contribution >= 4 is 5.91 Å². The molecule has 1 aromatic carbocycles. The second kappa shape index (κ2) is 9.97. The zero-order chi connectivity index (χ0) is 21.5. The Bertz CT molecular complexity index is 980. The molecule has 0 saturated carbocycles. The van der Waals surface area contributed by atoms with Crippen LogP contribution in [0.25, 0.3) is 11.6 Å². The Balaban J connectivity index is 1.64. The van der Waals surface area contributed by atoms with E-state index in [-0.39, 0.29) is 31.1 Å². The molecular formula is C20H22F2N6O2. The Morgan fingerprint density at radius 2 is 1.83 bits per heavy atom. The number of amides is 1. The van der Waals surface area contributed by atoms with E-state index in [9.17, 15) is 13.6 Å². The van der Waals surface area contributed by atoms with Gasteiger partial charge < -0.3 is 14.3 Å². The van der Waals surface area contributed by atoms with Crippen molar-refractivity contribution in [3.63, 3.8) is 0 Å². The van der Waals surface area contributed by atoms with Crippen LogP contribution in [0.5, 0.6) is 0 Å². The van der Waals surface area contributed by atoms with Crippen molar-refractivity contribution in [3.8, 4) is 11.6 Å². The molecule has 30 heavy (non-hydrogen) atoms. The van der Waals surface area contributed by atoms with Crippen LogP contribution in [-0.2, 0) is 17.8 Å². The van der Waals surface area contributed by atoms with Crippen LogP contribution in [0.4, 0.5) is 8.78 Å². The number of carbonyl (C=O) groups excluding carboxylic acids is 1. The molecular weight excluding hydrogens is 394 g/mol. The van der Waals surface area contributed by atoms with Gasteiger partial charge in [-0.05, 0) is 37.9 Å². The van der Waals surface area contributed by atoms with Crippen LogP contribution in [0.2, 0.25) is 0 Å². The molecule has 158 valence electrons. The Kier molecular flexibility index (Phi) is 7.12. The third kappa shape index (κ3) is 5.86. The van der Waals surface area contributed by atoms with Crippen molar-refractivity contribution < 1.29 is 18.1 Å². The van der Waals surface area contributed by atoms with Crippen LogP contribution in [0, 0.1) is 11.6 Å². The van der Waals surface area contributed by atoms with Crippen molar-refractivity contribution in [1.82, 2.24) is 29.9 Å². The molecule has 0 bridgehead atoms. The summed E-state index contributed by atoms with van der Waals surface area (Å²) in [5.74, 6) is -1.12. The lowest BCUT2D eigenvalue weighted by Crippen LogP contribution is -2.36. The average Bonchev–Trinajstić information content (AvgIpc) is 3.21. The fourth-order valence-corrected chi connectivity index (χ4v) is 2.70. The number of hydrogen-bond acceptors (Lipinski definition) is 7. The number of rotatable bonds is 9. The zero-order valence-electron chi connectivity index (χ0n) is 16.8. The summed E-state index contributed by atoms with van der Waals surface area (Å²) < 4.78 is 31.9. The van der Waals surface area contributed by atoms with Gasteiger partial charge in [-0.1, -0.05) is 11.2 Å². The van der Waals surface area contributed by atoms with E-state index in [0.717, 1.165) is 12.1 Å². The Labute approximate surface area is 172 Å². The minimum absolute atomic E-state index is 0.133. The molecule has 2 aromatic heterocycles. The lowest BCUT2D eigenvalue weighted by Gasteiger charge is -2.24. The molecule has 3 aromatic rings. The third-order valence-corrected chi connectivity index (χ3v) is 4.31. The first-order valence-corrected chi connectivity index (χ1v) is 9.39. The number of aryl methyl sites for hydroxylation is 1. The van der Waals surface area contributed by atoms with Crippen LogP contribution in [0.1, 0.15) is 17.9 Å². The van der Waals surface area contributed by atoms with E-state index in [1.807, 2.05) is 19.0 Å².